The third kappa shape index (κ3) is 5.31. The van der Waals surface area contributed by atoms with E-state index < -0.39 is 0 Å². The van der Waals surface area contributed by atoms with Crippen LogP contribution in [0.15, 0.2) is 48.5 Å². The summed E-state index contributed by atoms with van der Waals surface area (Å²) < 4.78 is 11.6. The lowest BCUT2D eigenvalue weighted by Crippen LogP contribution is -2.54. The van der Waals surface area contributed by atoms with Crippen LogP contribution in [0.5, 0.6) is 11.5 Å². The average molecular weight is 394 g/mol. The molecule has 1 aliphatic carbocycles. The summed E-state index contributed by atoms with van der Waals surface area (Å²) in [6.07, 6.45) is 4.12. The van der Waals surface area contributed by atoms with Crippen molar-refractivity contribution in [1.29, 1.82) is 0 Å². The van der Waals surface area contributed by atoms with Crippen molar-refractivity contribution in [3.05, 3.63) is 54.1 Å². The fourth-order valence-corrected chi connectivity index (χ4v) is 3.90. The van der Waals surface area contributed by atoms with Gasteiger partial charge in [0.2, 0.25) is 0 Å². The molecule has 0 bridgehead atoms. The Hall–Kier alpha value is -2.49. The second-order valence-electron chi connectivity index (χ2n) is 8.43. The minimum Gasteiger partial charge on any atom is -0.494 e. The summed E-state index contributed by atoms with van der Waals surface area (Å²) in [4.78, 5) is 14.4. The number of hydrogen-bond donors (Lipinski definition) is 0. The lowest BCUT2D eigenvalue weighted by molar-refractivity contribution is -0.119. The molecule has 29 heavy (non-hydrogen) atoms. The van der Waals surface area contributed by atoms with Gasteiger partial charge in [-0.25, -0.2) is 0 Å². The number of nitrogens with zero attached hydrogens (tertiary/aromatic N) is 1. The van der Waals surface area contributed by atoms with Crippen LogP contribution in [-0.2, 0) is 4.79 Å². The van der Waals surface area contributed by atoms with Gasteiger partial charge in [0.1, 0.15) is 23.4 Å². The first-order chi connectivity index (χ1) is 14.1. The van der Waals surface area contributed by atoms with Crippen molar-refractivity contribution >= 4 is 11.5 Å². The number of carbonyl (C=O) groups excluding carboxylic acids is 1. The first-order valence-electron chi connectivity index (χ1n) is 10.9. The van der Waals surface area contributed by atoms with Crippen LogP contribution in [0.1, 0.15) is 51.0 Å². The van der Waals surface area contributed by atoms with Gasteiger partial charge in [-0.2, -0.15) is 0 Å². The Labute approximate surface area is 173 Å². The highest BCUT2D eigenvalue weighted by molar-refractivity contribution is 5.79. The molecule has 1 atom stereocenters. The van der Waals surface area contributed by atoms with Gasteiger partial charge in [-0.05, 0) is 73.6 Å². The predicted molar refractivity (Wildman–Crippen MR) is 116 cm³/mol. The molecule has 2 aliphatic rings. The van der Waals surface area contributed by atoms with Crippen LogP contribution in [0.3, 0.4) is 0 Å². The highest BCUT2D eigenvalue weighted by Gasteiger charge is 2.29. The van der Waals surface area contributed by atoms with Crippen molar-refractivity contribution in [2.45, 2.75) is 51.6 Å². The average Bonchev–Trinajstić information content (AvgIpc) is 3.50. The molecular formula is C25H31NO3. The first-order valence-corrected chi connectivity index (χ1v) is 10.9. The molecule has 2 fully saturated rings. The highest BCUT2D eigenvalue weighted by atomic mass is 16.5. The van der Waals surface area contributed by atoms with Gasteiger partial charge >= 0.3 is 0 Å². The van der Waals surface area contributed by atoms with E-state index >= 15 is 0 Å². The van der Waals surface area contributed by atoms with E-state index in [4.69, 9.17) is 9.47 Å². The Bertz CT molecular complexity index is 805. The van der Waals surface area contributed by atoms with Gasteiger partial charge in [-0.1, -0.05) is 19.1 Å². The molecule has 2 aromatic carbocycles. The summed E-state index contributed by atoms with van der Waals surface area (Å²) in [5.41, 5.74) is 2.42. The van der Waals surface area contributed by atoms with Crippen LogP contribution >= 0.6 is 0 Å². The van der Waals surface area contributed by atoms with E-state index in [0.29, 0.717) is 24.7 Å². The number of Topliss-reactive ketones (excluding diaryl/α,β-unsaturated/α-hetero) is 1. The van der Waals surface area contributed by atoms with E-state index in [1.54, 1.807) is 0 Å². The maximum atomic E-state index is 12.1. The summed E-state index contributed by atoms with van der Waals surface area (Å²) in [6, 6.07) is 16.5. The molecule has 4 heteroatoms. The largest absolute Gasteiger partial charge is 0.494 e. The van der Waals surface area contributed by atoms with Crippen molar-refractivity contribution in [2.75, 3.05) is 24.6 Å². The zero-order chi connectivity index (χ0) is 20.2. The Morgan fingerprint density at radius 3 is 2.31 bits per heavy atom. The highest BCUT2D eigenvalue weighted by Crippen LogP contribution is 2.34. The number of ketones is 1. The molecule has 0 spiro atoms. The molecular weight excluding hydrogens is 362 g/mol. The maximum absolute atomic E-state index is 12.1. The molecule has 0 unspecified atom stereocenters. The summed E-state index contributed by atoms with van der Waals surface area (Å²) in [5, 5.41) is 0. The minimum atomic E-state index is 0.213. The van der Waals surface area contributed by atoms with E-state index in [9.17, 15) is 4.79 Å². The normalized spacial score (nSPS) is 17.5. The molecule has 4 nitrogen and oxygen atoms in total. The zero-order valence-electron chi connectivity index (χ0n) is 17.5. The SMILES string of the molecule is CCOc1ccc(N2CC(Oc3ccc([C@H](C)CC(=O)CC4CC4)cc3)C2)cc1. The van der Waals surface area contributed by atoms with E-state index in [0.717, 1.165) is 31.0 Å². The molecule has 2 aromatic rings. The van der Waals surface area contributed by atoms with E-state index in [2.05, 4.69) is 36.1 Å². The molecule has 1 aliphatic heterocycles. The van der Waals surface area contributed by atoms with Gasteiger partial charge in [0.15, 0.2) is 0 Å². The monoisotopic (exact) mass is 393 g/mol. The van der Waals surface area contributed by atoms with Crippen LogP contribution in [0.4, 0.5) is 5.69 Å². The molecule has 0 amide bonds. The first kappa shape index (κ1) is 19.8. The molecule has 0 radical (unpaired) electrons. The number of anilines is 1. The number of hydrogen-bond acceptors (Lipinski definition) is 4. The van der Waals surface area contributed by atoms with Crippen molar-refractivity contribution < 1.29 is 14.3 Å². The number of ether oxygens (including phenoxy) is 2. The Kier molecular flexibility index (Phi) is 6.08. The van der Waals surface area contributed by atoms with Crippen molar-refractivity contribution in [3.8, 4) is 11.5 Å². The zero-order valence-corrected chi connectivity index (χ0v) is 17.5. The smallest absolute Gasteiger partial charge is 0.133 e. The third-order valence-electron chi connectivity index (χ3n) is 5.86. The van der Waals surface area contributed by atoms with Gasteiger partial charge in [0.05, 0.1) is 19.7 Å². The van der Waals surface area contributed by atoms with Gasteiger partial charge in [-0.3, -0.25) is 4.79 Å². The minimum absolute atomic E-state index is 0.213. The molecule has 0 aromatic heterocycles. The lowest BCUT2D eigenvalue weighted by atomic mass is 9.94. The quantitative estimate of drug-likeness (QED) is 0.555. The summed E-state index contributed by atoms with van der Waals surface area (Å²) in [6.45, 7) is 6.60. The second-order valence-corrected chi connectivity index (χ2v) is 8.43. The Morgan fingerprint density at radius 2 is 1.69 bits per heavy atom. The van der Waals surface area contributed by atoms with Gasteiger partial charge in [0, 0.05) is 18.5 Å². The topological polar surface area (TPSA) is 38.8 Å². The van der Waals surface area contributed by atoms with Crippen LogP contribution < -0.4 is 14.4 Å². The van der Waals surface area contributed by atoms with E-state index in [1.807, 2.05) is 31.2 Å². The molecule has 1 saturated carbocycles. The second kappa shape index (κ2) is 8.89. The lowest BCUT2D eigenvalue weighted by Gasteiger charge is -2.40. The van der Waals surface area contributed by atoms with Gasteiger partial charge in [-0.15, -0.1) is 0 Å². The van der Waals surface area contributed by atoms with Crippen LogP contribution in [0.2, 0.25) is 0 Å². The van der Waals surface area contributed by atoms with E-state index in [1.165, 1.54) is 24.1 Å². The van der Waals surface area contributed by atoms with Gasteiger partial charge in [0.25, 0.3) is 0 Å². The summed E-state index contributed by atoms with van der Waals surface area (Å²) in [7, 11) is 0. The summed E-state index contributed by atoms with van der Waals surface area (Å²) in [5.74, 6) is 3.17. The van der Waals surface area contributed by atoms with Crippen molar-refractivity contribution in [2.24, 2.45) is 5.92 Å². The predicted octanol–water partition coefficient (Wildman–Crippen LogP) is 5.22. The Morgan fingerprint density at radius 1 is 1.03 bits per heavy atom. The molecule has 1 saturated heterocycles. The number of benzene rings is 2. The van der Waals surface area contributed by atoms with Crippen molar-refractivity contribution in [1.82, 2.24) is 0 Å². The maximum Gasteiger partial charge on any atom is 0.133 e. The molecule has 154 valence electrons. The third-order valence-corrected chi connectivity index (χ3v) is 5.86. The van der Waals surface area contributed by atoms with Crippen LogP contribution in [-0.4, -0.2) is 31.6 Å². The molecule has 4 rings (SSSR count). The van der Waals surface area contributed by atoms with Crippen LogP contribution in [0.25, 0.3) is 0 Å². The molecule has 1 heterocycles. The fourth-order valence-electron chi connectivity index (χ4n) is 3.90. The van der Waals surface area contributed by atoms with Crippen LogP contribution in [0, 0.1) is 5.92 Å². The van der Waals surface area contributed by atoms with Gasteiger partial charge < -0.3 is 14.4 Å². The fraction of sp³-hybridized carbons (Fsp3) is 0.480. The number of rotatable bonds is 10. The summed E-state index contributed by atoms with van der Waals surface area (Å²) >= 11 is 0. The Balaban J connectivity index is 1.23. The van der Waals surface area contributed by atoms with E-state index in [-0.39, 0.29) is 12.0 Å². The molecule has 0 N–H and O–H groups in total. The number of carbonyl (C=O) groups is 1. The van der Waals surface area contributed by atoms with Crippen molar-refractivity contribution in [3.63, 3.8) is 0 Å². The standard InChI is InChI=1S/C25H31NO3/c1-3-28-23-12-8-21(9-13-23)26-16-25(17-26)29-24-10-6-20(7-11-24)18(2)14-22(27)15-19-4-5-19/h6-13,18-19,25H,3-5,14-17H2,1-2H3/t18-/m1/s1.